The lowest BCUT2D eigenvalue weighted by atomic mass is 9.46. The molecular formula is C28H35FO3. The summed E-state index contributed by atoms with van der Waals surface area (Å²) in [6.45, 7) is 6.14. The molecular weight excluding hydrogens is 403 g/mol. The molecule has 1 aromatic carbocycles. The van der Waals surface area contributed by atoms with Crippen LogP contribution in [0.4, 0.5) is 4.39 Å². The maximum absolute atomic E-state index is 15.6. The van der Waals surface area contributed by atoms with E-state index < -0.39 is 12.1 Å². The van der Waals surface area contributed by atoms with Crippen LogP contribution in [-0.4, -0.2) is 17.9 Å². The molecule has 32 heavy (non-hydrogen) atoms. The van der Waals surface area contributed by atoms with E-state index >= 15 is 4.39 Å². The number of alkyl halides is 1. The smallest absolute Gasteiger partial charge is 0.302 e. The molecule has 3 nitrogen and oxygen atoms in total. The largest absolute Gasteiger partial charge is 0.462 e. The van der Waals surface area contributed by atoms with Crippen LogP contribution < -0.4 is 0 Å². The molecule has 4 aliphatic rings. The van der Waals surface area contributed by atoms with Gasteiger partial charge in [-0.15, -0.1) is 0 Å². The fourth-order valence-electron chi connectivity index (χ4n) is 8.15. The van der Waals surface area contributed by atoms with E-state index in [9.17, 15) is 9.59 Å². The molecule has 1 aromatic rings. The molecule has 0 bridgehead atoms. The Bertz CT molecular complexity index is 939. The van der Waals surface area contributed by atoms with Crippen LogP contribution in [0.3, 0.4) is 0 Å². The van der Waals surface area contributed by atoms with Crippen LogP contribution in [0.25, 0.3) is 0 Å². The van der Waals surface area contributed by atoms with Crippen molar-refractivity contribution in [3.63, 3.8) is 0 Å². The molecule has 4 aliphatic carbocycles. The summed E-state index contributed by atoms with van der Waals surface area (Å²) < 4.78 is 21.3. The zero-order chi connectivity index (χ0) is 22.7. The Kier molecular flexibility index (Phi) is 5.34. The number of allylic oxidation sites excluding steroid dienone is 1. The summed E-state index contributed by atoms with van der Waals surface area (Å²) in [6, 6.07) is 9.16. The first-order valence-electron chi connectivity index (χ1n) is 12.3. The number of carbonyl (C=O) groups is 2. The number of hydrogen-bond donors (Lipinski definition) is 0. The average molecular weight is 439 g/mol. The molecule has 0 radical (unpaired) electrons. The highest BCUT2D eigenvalue weighted by atomic mass is 19.1. The predicted molar refractivity (Wildman–Crippen MR) is 121 cm³/mol. The molecule has 0 saturated heterocycles. The van der Waals surface area contributed by atoms with Gasteiger partial charge in [-0.2, -0.15) is 0 Å². The van der Waals surface area contributed by atoms with Gasteiger partial charge in [0.05, 0.1) is 5.92 Å². The first kappa shape index (κ1) is 21.9. The Hall–Kier alpha value is -1.97. The molecule has 2 unspecified atom stereocenters. The third-order valence-electron chi connectivity index (χ3n) is 9.75. The number of rotatable bonds is 3. The van der Waals surface area contributed by atoms with Gasteiger partial charge >= 0.3 is 5.97 Å². The summed E-state index contributed by atoms with van der Waals surface area (Å²) in [6.07, 6.45) is 7.35. The van der Waals surface area contributed by atoms with E-state index in [0.29, 0.717) is 29.7 Å². The summed E-state index contributed by atoms with van der Waals surface area (Å²) in [4.78, 5) is 24.7. The van der Waals surface area contributed by atoms with E-state index in [1.807, 2.05) is 24.3 Å². The third-order valence-corrected chi connectivity index (χ3v) is 9.75. The highest BCUT2D eigenvalue weighted by Crippen LogP contribution is 2.66. The van der Waals surface area contributed by atoms with E-state index in [2.05, 4.69) is 13.8 Å². The number of ketones is 1. The minimum Gasteiger partial charge on any atom is -0.462 e. The van der Waals surface area contributed by atoms with Gasteiger partial charge in [0.25, 0.3) is 0 Å². The van der Waals surface area contributed by atoms with E-state index in [1.165, 1.54) is 12.5 Å². The number of ether oxygens (including phenoxy) is 1. The van der Waals surface area contributed by atoms with Gasteiger partial charge in [-0.3, -0.25) is 9.59 Å². The summed E-state index contributed by atoms with van der Waals surface area (Å²) >= 11 is 0. The van der Waals surface area contributed by atoms with Crippen LogP contribution in [0.1, 0.15) is 77.5 Å². The number of carbonyl (C=O) groups excluding carboxylic acids is 2. The topological polar surface area (TPSA) is 43.4 Å². The van der Waals surface area contributed by atoms with Crippen molar-refractivity contribution in [1.29, 1.82) is 0 Å². The number of fused-ring (bicyclic) bond motifs is 5. The van der Waals surface area contributed by atoms with Gasteiger partial charge in [-0.25, -0.2) is 4.39 Å². The molecule has 8 atom stereocenters. The summed E-state index contributed by atoms with van der Waals surface area (Å²) in [5, 5.41) is 0. The van der Waals surface area contributed by atoms with Crippen LogP contribution in [-0.2, 0) is 14.3 Å². The van der Waals surface area contributed by atoms with Crippen molar-refractivity contribution in [2.75, 3.05) is 0 Å². The molecule has 0 amide bonds. The predicted octanol–water partition coefficient (Wildman–Crippen LogP) is 6.39. The number of esters is 1. The molecule has 0 aliphatic heterocycles. The molecule has 3 saturated carbocycles. The lowest BCUT2D eigenvalue weighted by molar-refractivity contribution is -0.157. The number of hydrogen-bond acceptors (Lipinski definition) is 3. The van der Waals surface area contributed by atoms with Crippen molar-refractivity contribution in [2.45, 2.75) is 78.0 Å². The molecule has 172 valence electrons. The van der Waals surface area contributed by atoms with Gasteiger partial charge in [0.1, 0.15) is 12.3 Å². The Balaban J connectivity index is 1.43. The zero-order valence-electron chi connectivity index (χ0n) is 19.5. The van der Waals surface area contributed by atoms with E-state index in [-0.39, 0.29) is 28.7 Å². The maximum Gasteiger partial charge on any atom is 0.302 e. The fourth-order valence-corrected chi connectivity index (χ4v) is 8.15. The highest BCUT2D eigenvalue weighted by Gasteiger charge is 2.60. The van der Waals surface area contributed by atoms with Crippen LogP contribution in [0, 0.1) is 34.5 Å². The number of halogens is 1. The summed E-state index contributed by atoms with van der Waals surface area (Å²) in [5.74, 6) is 0.744. The molecule has 4 heteroatoms. The monoisotopic (exact) mass is 438 g/mol. The standard InChI is InChI=1S/C28H35FO3/c1-17(30)32-25-12-11-22-20-10-9-19-15-24(31)21(26(29)18-7-5-4-6-8-18)16-28(19,3)23(20)13-14-27(22,25)2/h4-8,15,20-23,25-26H,9-14,16H2,1-3H3/t20-,21?,22-,23-,25-,26?,27-,28-/m0/s1. The summed E-state index contributed by atoms with van der Waals surface area (Å²) in [7, 11) is 0. The lowest BCUT2D eigenvalue weighted by Crippen LogP contribution is -2.52. The van der Waals surface area contributed by atoms with Gasteiger partial charge < -0.3 is 4.74 Å². The SMILES string of the molecule is CC(=O)O[C@H]1CC[C@H]2[C@@H]3CCC4=CC(=O)C(C(F)c5ccccc5)C[C@]4(C)[C@H]3CC[C@]12C. The molecule has 0 N–H and O–H groups in total. The molecule has 3 fully saturated rings. The Morgan fingerprint density at radius 2 is 1.84 bits per heavy atom. The first-order valence-corrected chi connectivity index (χ1v) is 12.3. The van der Waals surface area contributed by atoms with E-state index in [0.717, 1.165) is 38.5 Å². The second kappa shape index (κ2) is 7.81. The van der Waals surface area contributed by atoms with Crippen molar-refractivity contribution >= 4 is 11.8 Å². The minimum absolute atomic E-state index is 0.0182. The third kappa shape index (κ3) is 3.28. The van der Waals surface area contributed by atoms with Crippen molar-refractivity contribution in [3.05, 3.63) is 47.5 Å². The second-order valence-corrected chi connectivity index (χ2v) is 11.2. The average Bonchev–Trinajstić information content (AvgIpc) is 3.09. The van der Waals surface area contributed by atoms with E-state index in [1.54, 1.807) is 12.1 Å². The molecule has 0 aromatic heterocycles. The van der Waals surface area contributed by atoms with Gasteiger partial charge in [-0.05, 0) is 79.8 Å². The van der Waals surface area contributed by atoms with Crippen molar-refractivity contribution in [1.82, 2.24) is 0 Å². The minimum atomic E-state index is -1.26. The Labute approximate surface area is 190 Å². The summed E-state index contributed by atoms with van der Waals surface area (Å²) in [5.41, 5.74) is 1.77. The van der Waals surface area contributed by atoms with Gasteiger partial charge in [0, 0.05) is 12.3 Å². The second-order valence-electron chi connectivity index (χ2n) is 11.2. The van der Waals surface area contributed by atoms with Crippen molar-refractivity contribution in [2.24, 2.45) is 34.5 Å². The van der Waals surface area contributed by atoms with Gasteiger partial charge in [0.2, 0.25) is 0 Å². The van der Waals surface area contributed by atoms with Gasteiger partial charge in [-0.1, -0.05) is 49.8 Å². The van der Waals surface area contributed by atoms with Crippen LogP contribution in [0.5, 0.6) is 0 Å². The van der Waals surface area contributed by atoms with Gasteiger partial charge in [0.15, 0.2) is 5.78 Å². The quantitative estimate of drug-likeness (QED) is 0.514. The highest BCUT2D eigenvalue weighted by molar-refractivity contribution is 5.94. The van der Waals surface area contributed by atoms with Crippen molar-refractivity contribution in [3.8, 4) is 0 Å². The van der Waals surface area contributed by atoms with Crippen LogP contribution in [0.15, 0.2) is 42.0 Å². The molecule has 0 heterocycles. The van der Waals surface area contributed by atoms with Crippen LogP contribution in [0.2, 0.25) is 0 Å². The first-order chi connectivity index (χ1) is 15.2. The van der Waals surface area contributed by atoms with E-state index in [4.69, 9.17) is 4.74 Å². The zero-order valence-corrected chi connectivity index (χ0v) is 19.5. The number of benzene rings is 1. The Morgan fingerprint density at radius 1 is 1.09 bits per heavy atom. The van der Waals surface area contributed by atoms with Crippen molar-refractivity contribution < 1.29 is 18.7 Å². The van der Waals surface area contributed by atoms with Crippen LogP contribution >= 0.6 is 0 Å². The fraction of sp³-hybridized carbons (Fsp3) is 0.643. The normalized spacial score (nSPS) is 41.7. The maximum atomic E-state index is 15.6. The molecule has 0 spiro atoms. The Morgan fingerprint density at radius 3 is 2.56 bits per heavy atom. The molecule has 5 rings (SSSR count). The lowest BCUT2D eigenvalue weighted by Gasteiger charge is -2.58.